The first kappa shape index (κ1) is 22.4. The van der Waals surface area contributed by atoms with E-state index in [9.17, 15) is 13.2 Å². The normalized spacial score (nSPS) is 17.4. The first-order valence-electron chi connectivity index (χ1n) is 10.8. The van der Waals surface area contributed by atoms with Gasteiger partial charge in [0.25, 0.3) is 5.91 Å². The van der Waals surface area contributed by atoms with Crippen LogP contribution in [0.25, 0.3) is 0 Å². The van der Waals surface area contributed by atoms with Crippen LogP contribution >= 0.6 is 0 Å². The summed E-state index contributed by atoms with van der Waals surface area (Å²) < 4.78 is 38.5. The Bertz CT molecular complexity index is 1070. The Kier molecular flexibility index (Phi) is 6.57. The largest absolute Gasteiger partial charge is 0.495 e. The van der Waals surface area contributed by atoms with Crippen molar-refractivity contribution in [1.29, 1.82) is 0 Å². The average molecular weight is 460 g/mol. The lowest BCUT2D eigenvalue weighted by atomic mass is 10.1. The fraction of sp³-hybridized carbons (Fsp3) is 0.435. The van der Waals surface area contributed by atoms with Gasteiger partial charge in [-0.25, -0.2) is 8.42 Å². The first-order valence-corrected chi connectivity index (χ1v) is 12.2. The predicted octanol–water partition coefficient (Wildman–Crippen LogP) is 2.45. The third-order valence-corrected chi connectivity index (χ3v) is 8.01. The van der Waals surface area contributed by atoms with E-state index in [0.29, 0.717) is 44.8 Å². The van der Waals surface area contributed by atoms with Crippen LogP contribution in [-0.4, -0.2) is 77.0 Å². The number of ether oxygens (including phenoxy) is 2. The number of anilines is 1. The van der Waals surface area contributed by atoms with Crippen molar-refractivity contribution in [3.63, 3.8) is 0 Å². The quantitative estimate of drug-likeness (QED) is 0.660. The van der Waals surface area contributed by atoms with Crippen LogP contribution in [0.1, 0.15) is 23.2 Å². The molecule has 4 rings (SSSR count). The van der Waals surface area contributed by atoms with Crippen molar-refractivity contribution in [2.45, 2.75) is 17.7 Å². The van der Waals surface area contributed by atoms with Gasteiger partial charge in [-0.1, -0.05) is 12.1 Å². The SMILES string of the molecule is COc1ccccc1N1CCN(C(=O)c2ccc(OC)c(S(=O)(=O)N3CCCC3)c2)CC1. The van der Waals surface area contributed by atoms with E-state index in [2.05, 4.69) is 4.90 Å². The van der Waals surface area contributed by atoms with E-state index in [-0.39, 0.29) is 16.6 Å². The van der Waals surface area contributed by atoms with Crippen LogP contribution in [0, 0.1) is 0 Å². The van der Waals surface area contributed by atoms with E-state index < -0.39 is 10.0 Å². The number of carbonyl (C=O) groups is 1. The van der Waals surface area contributed by atoms with Crippen LogP contribution in [0.4, 0.5) is 5.69 Å². The molecular weight excluding hydrogens is 430 g/mol. The summed E-state index contributed by atoms with van der Waals surface area (Å²) in [4.78, 5) is 17.2. The Morgan fingerprint density at radius 3 is 2.16 bits per heavy atom. The molecule has 2 aliphatic rings. The van der Waals surface area contributed by atoms with Gasteiger partial charge in [0.1, 0.15) is 16.4 Å². The van der Waals surface area contributed by atoms with Crippen molar-refractivity contribution in [2.24, 2.45) is 0 Å². The molecule has 0 spiro atoms. The van der Waals surface area contributed by atoms with Crippen molar-refractivity contribution < 1.29 is 22.7 Å². The highest BCUT2D eigenvalue weighted by Gasteiger charge is 2.31. The molecule has 0 unspecified atom stereocenters. The van der Waals surface area contributed by atoms with E-state index in [1.807, 2.05) is 24.3 Å². The highest BCUT2D eigenvalue weighted by Crippen LogP contribution is 2.31. The van der Waals surface area contributed by atoms with Gasteiger partial charge in [-0.05, 0) is 43.2 Å². The first-order chi connectivity index (χ1) is 15.5. The van der Waals surface area contributed by atoms with E-state index in [1.165, 1.54) is 17.5 Å². The van der Waals surface area contributed by atoms with E-state index in [0.717, 1.165) is 24.3 Å². The maximum Gasteiger partial charge on any atom is 0.254 e. The number of para-hydroxylation sites is 2. The van der Waals surface area contributed by atoms with E-state index in [4.69, 9.17) is 9.47 Å². The lowest BCUT2D eigenvalue weighted by Crippen LogP contribution is -2.48. The molecule has 32 heavy (non-hydrogen) atoms. The summed E-state index contributed by atoms with van der Waals surface area (Å²) in [6, 6.07) is 12.5. The number of methoxy groups -OCH3 is 2. The number of sulfonamides is 1. The standard InChI is InChI=1S/C23H29N3O5S/c1-30-20-8-4-3-7-19(20)24-13-15-25(16-14-24)23(27)18-9-10-21(31-2)22(17-18)32(28,29)26-11-5-6-12-26/h3-4,7-10,17H,5-6,11-16H2,1-2H3. The van der Waals surface area contributed by atoms with Gasteiger partial charge in [0.05, 0.1) is 19.9 Å². The molecule has 8 nitrogen and oxygen atoms in total. The number of carbonyl (C=O) groups excluding carboxylic acids is 1. The fourth-order valence-corrected chi connectivity index (χ4v) is 6.00. The second-order valence-electron chi connectivity index (χ2n) is 7.93. The van der Waals surface area contributed by atoms with Crippen LogP contribution in [0.2, 0.25) is 0 Å². The maximum atomic E-state index is 13.2. The summed E-state index contributed by atoms with van der Waals surface area (Å²) in [5.74, 6) is 0.888. The van der Waals surface area contributed by atoms with Crippen LogP contribution < -0.4 is 14.4 Å². The predicted molar refractivity (Wildman–Crippen MR) is 122 cm³/mol. The highest BCUT2D eigenvalue weighted by molar-refractivity contribution is 7.89. The zero-order chi connectivity index (χ0) is 22.7. The summed E-state index contributed by atoms with van der Waals surface area (Å²) in [5.41, 5.74) is 1.36. The van der Waals surface area contributed by atoms with Crippen molar-refractivity contribution in [3.05, 3.63) is 48.0 Å². The van der Waals surface area contributed by atoms with Gasteiger partial charge in [-0.3, -0.25) is 4.79 Å². The third-order valence-electron chi connectivity index (χ3n) is 6.09. The van der Waals surface area contributed by atoms with Gasteiger partial charge in [0.15, 0.2) is 0 Å². The number of rotatable bonds is 6. The minimum Gasteiger partial charge on any atom is -0.495 e. The molecule has 2 aromatic rings. The Labute approximate surface area is 189 Å². The van der Waals surface area contributed by atoms with Gasteiger partial charge in [0, 0.05) is 44.8 Å². The van der Waals surface area contributed by atoms with Crippen molar-refractivity contribution in [1.82, 2.24) is 9.21 Å². The van der Waals surface area contributed by atoms with Crippen LogP contribution in [-0.2, 0) is 10.0 Å². The number of amides is 1. The fourth-order valence-electron chi connectivity index (χ4n) is 4.30. The smallest absolute Gasteiger partial charge is 0.254 e. The molecule has 0 aliphatic carbocycles. The maximum absolute atomic E-state index is 13.2. The molecule has 0 atom stereocenters. The Morgan fingerprint density at radius 2 is 1.50 bits per heavy atom. The van der Waals surface area contributed by atoms with Gasteiger partial charge < -0.3 is 19.3 Å². The van der Waals surface area contributed by atoms with Crippen molar-refractivity contribution in [2.75, 3.05) is 58.4 Å². The van der Waals surface area contributed by atoms with Crippen LogP contribution in [0.15, 0.2) is 47.4 Å². The molecule has 0 N–H and O–H groups in total. The van der Waals surface area contributed by atoms with Crippen molar-refractivity contribution >= 4 is 21.6 Å². The van der Waals surface area contributed by atoms with Crippen LogP contribution in [0.3, 0.4) is 0 Å². The molecular formula is C23H29N3O5S. The molecule has 2 heterocycles. The molecule has 2 aromatic carbocycles. The van der Waals surface area contributed by atoms with Gasteiger partial charge >= 0.3 is 0 Å². The van der Waals surface area contributed by atoms with Gasteiger partial charge in [-0.15, -0.1) is 0 Å². The minimum atomic E-state index is -3.71. The third kappa shape index (κ3) is 4.27. The molecule has 0 bridgehead atoms. The number of piperazine rings is 1. The lowest BCUT2D eigenvalue weighted by molar-refractivity contribution is 0.0746. The van der Waals surface area contributed by atoms with E-state index >= 15 is 0 Å². The highest BCUT2D eigenvalue weighted by atomic mass is 32.2. The van der Waals surface area contributed by atoms with E-state index in [1.54, 1.807) is 24.1 Å². The molecule has 2 fully saturated rings. The van der Waals surface area contributed by atoms with Gasteiger partial charge in [-0.2, -0.15) is 4.31 Å². The molecule has 0 saturated carbocycles. The monoisotopic (exact) mass is 459 g/mol. The Hall–Kier alpha value is -2.78. The molecule has 9 heteroatoms. The summed E-state index contributed by atoms with van der Waals surface area (Å²) >= 11 is 0. The zero-order valence-corrected chi connectivity index (χ0v) is 19.3. The molecule has 1 amide bonds. The number of benzene rings is 2. The number of nitrogens with zero attached hydrogens (tertiary/aromatic N) is 3. The number of hydrogen-bond acceptors (Lipinski definition) is 6. The summed E-state index contributed by atoms with van der Waals surface area (Å²) in [6.07, 6.45) is 1.69. The summed E-state index contributed by atoms with van der Waals surface area (Å²) in [5, 5.41) is 0. The Morgan fingerprint density at radius 1 is 0.844 bits per heavy atom. The average Bonchev–Trinajstić information content (AvgIpc) is 3.39. The Balaban J connectivity index is 1.52. The topological polar surface area (TPSA) is 79.4 Å². The molecule has 0 aromatic heterocycles. The number of hydrogen-bond donors (Lipinski definition) is 0. The second kappa shape index (κ2) is 9.38. The minimum absolute atomic E-state index is 0.0559. The zero-order valence-electron chi connectivity index (χ0n) is 18.5. The second-order valence-corrected chi connectivity index (χ2v) is 9.83. The molecule has 0 radical (unpaired) electrons. The summed E-state index contributed by atoms with van der Waals surface area (Å²) in [7, 11) is -0.615. The summed E-state index contributed by atoms with van der Waals surface area (Å²) in [6.45, 7) is 3.40. The molecule has 2 aliphatic heterocycles. The molecule has 2 saturated heterocycles. The van der Waals surface area contributed by atoms with Crippen molar-refractivity contribution in [3.8, 4) is 11.5 Å². The van der Waals surface area contributed by atoms with Gasteiger partial charge in [0.2, 0.25) is 10.0 Å². The van der Waals surface area contributed by atoms with Crippen LogP contribution in [0.5, 0.6) is 11.5 Å². The lowest BCUT2D eigenvalue weighted by Gasteiger charge is -2.36. The molecule has 172 valence electrons.